The van der Waals surface area contributed by atoms with Gasteiger partial charge in [-0.3, -0.25) is 4.74 Å². The lowest BCUT2D eigenvalue weighted by Crippen LogP contribution is -2.68. The van der Waals surface area contributed by atoms with Crippen molar-refractivity contribution >= 4 is 0 Å². The van der Waals surface area contributed by atoms with Crippen LogP contribution in [0.25, 0.3) is 0 Å². The fourth-order valence-corrected chi connectivity index (χ4v) is 0.902. The smallest absolute Gasteiger partial charge is 0.331 e. The first kappa shape index (κ1) is 22.9. The van der Waals surface area contributed by atoms with Crippen LogP contribution < -0.4 is 0 Å². The Morgan fingerprint density at radius 3 is 1.04 bits per heavy atom. The van der Waals surface area contributed by atoms with Gasteiger partial charge in [-0.1, -0.05) is 0 Å². The van der Waals surface area contributed by atoms with E-state index >= 15 is 0 Å². The first-order chi connectivity index (χ1) is 9.96. The van der Waals surface area contributed by atoms with Gasteiger partial charge in [-0.25, -0.2) is 0 Å². The maximum atomic E-state index is 12.9. The Morgan fingerprint density at radius 1 is 0.500 bits per heavy atom. The standard InChI is InChI=1S/C7H2F14O3/c8-1(9,5(16,17)22)2(10,11)7(20,21)24-3(12,4(13,14)15)6(18,19)23/h22-23H. The molecule has 0 aromatic carbocycles. The molecule has 0 heterocycles. The largest absolute Gasteiger partial charge is 0.458 e. The van der Waals surface area contributed by atoms with E-state index in [1.165, 1.54) is 4.74 Å². The number of alkyl halides is 14. The van der Waals surface area contributed by atoms with Gasteiger partial charge in [-0.05, 0) is 0 Å². The van der Waals surface area contributed by atoms with Crippen molar-refractivity contribution in [2.24, 2.45) is 0 Å². The van der Waals surface area contributed by atoms with Crippen molar-refractivity contribution in [3.05, 3.63) is 0 Å². The molecule has 0 saturated carbocycles. The Labute approximate surface area is 120 Å². The second kappa shape index (κ2) is 5.45. The summed E-state index contributed by atoms with van der Waals surface area (Å²) in [5.41, 5.74) is 0. The second-order valence-electron chi connectivity index (χ2n) is 3.94. The monoisotopic (exact) mass is 400 g/mol. The zero-order chi connectivity index (χ0) is 20.2. The number of hydrogen-bond donors (Lipinski definition) is 2. The lowest BCUT2D eigenvalue weighted by molar-refractivity contribution is -0.534. The van der Waals surface area contributed by atoms with E-state index in [0.29, 0.717) is 0 Å². The van der Waals surface area contributed by atoms with E-state index in [1.54, 1.807) is 0 Å². The molecular formula is C7H2F14O3. The van der Waals surface area contributed by atoms with E-state index in [1.807, 2.05) is 0 Å². The predicted octanol–water partition coefficient (Wildman–Crippen LogP) is 3.26. The molecule has 1 unspecified atom stereocenters. The van der Waals surface area contributed by atoms with Crippen molar-refractivity contribution in [1.82, 2.24) is 0 Å². The summed E-state index contributed by atoms with van der Waals surface area (Å²) in [5.74, 6) is -22.9. The molecule has 17 heteroatoms. The molecule has 0 aliphatic carbocycles. The van der Waals surface area contributed by atoms with E-state index < -0.39 is 42.2 Å². The van der Waals surface area contributed by atoms with Crippen molar-refractivity contribution in [3.8, 4) is 0 Å². The lowest BCUT2D eigenvalue weighted by Gasteiger charge is -2.38. The van der Waals surface area contributed by atoms with E-state index in [-0.39, 0.29) is 0 Å². The summed E-state index contributed by atoms with van der Waals surface area (Å²) >= 11 is 0. The van der Waals surface area contributed by atoms with Gasteiger partial charge in [-0.2, -0.15) is 61.5 Å². The molecule has 0 aliphatic heterocycles. The molecule has 0 amide bonds. The Morgan fingerprint density at radius 2 is 0.833 bits per heavy atom. The van der Waals surface area contributed by atoms with Crippen LogP contribution in [0.5, 0.6) is 0 Å². The molecule has 1 atom stereocenters. The van der Waals surface area contributed by atoms with Crippen LogP contribution in [-0.2, 0) is 4.74 Å². The number of ether oxygens (including phenoxy) is 1. The van der Waals surface area contributed by atoms with Crippen LogP contribution >= 0.6 is 0 Å². The van der Waals surface area contributed by atoms with Gasteiger partial charge in [0, 0.05) is 0 Å². The average molecular weight is 400 g/mol. The number of halogens is 14. The van der Waals surface area contributed by atoms with Crippen molar-refractivity contribution in [1.29, 1.82) is 0 Å². The molecule has 0 aromatic rings. The second-order valence-corrected chi connectivity index (χ2v) is 3.94. The third-order valence-electron chi connectivity index (χ3n) is 2.16. The zero-order valence-electron chi connectivity index (χ0n) is 10.1. The predicted molar refractivity (Wildman–Crippen MR) is 40.2 cm³/mol. The topological polar surface area (TPSA) is 49.7 Å². The third kappa shape index (κ3) is 3.32. The van der Waals surface area contributed by atoms with Crippen LogP contribution in [0.2, 0.25) is 0 Å². The molecular weight excluding hydrogens is 398 g/mol. The Balaban J connectivity index is 6.17. The number of aliphatic hydroxyl groups is 2. The highest BCUT2D eigenvalue weighted by Gasteiger charge is 2.86. The molecule has 0 rings (SSSR count). The first-order valence-electron chi connectivity index (χ1n) is 4.75. The molecule has 0 bridgehead atoms. The highest BCUT2D eigenvalue weighted by atomic mass is 19.4. The van der Waals surface area contributed by atoms with E-state index in [0.717, 1.165) is 0 Å². The van der Waals surface area contributed by atoms with Gasteiger partial charge in [-0.15, -0.1) is 0 Å². The van der Waals surface area contributed by atoms with Crippen LogP contribution in [0.1, 0.15) is 0 Å². The van der Waals surface area contributed by atoms with Crippen LogP contribution in [0.3, 0.4) is 0 Å². The minimum Gasteiger partial charge on any atom is -0.331 e. The fourth-order valence-electron chi connectivity index (χ4n) is 0.902. The zero-order valence-corrected chi connectivity index (χ0v) is 10.1. The normalized spacial score (nSPS) is 18.5. The van der Waals surface area contributed by atoms with Crippen molar-refractivity contribution in [2.75, 3.05) is 0 Å². The molecule has 24 heavy (non-hydrogen) atoms. The SMILES string of the molecule is OC(F)(F)C(F)(F)C(F)(F)C(F)(F)OC(F)(C(O)(F)F)C(F)(F)F. The average Bonchev–Trinajstić information content (AvgIpc) is 2.22. The van der Waals surface area contributed by atoms with Crippen LogP contribution in [0.4, 0.5) is 61.5 Å². The van der Waals surface area contributed by atoms with Crippen molar-refractivity contribution in [2.45, 2.75) is 42.2 Å². The highest BCUT2D eigenvalue weighted by molar-refractivity contribution is 4.98. The molecule has 0 radical (unpaired) electrons. The Bertz CT molecular complexity index is 442. The van der Waals surface area contributed by atoms with Gasteiger partial charge in [0.2, 0.25) is 0 Å². The number of rotatable bonds is 6. The van der Waals surface area contributed by atoms with Gasteiger partial charge in [0.1, 0.15) is 0 Å². The van der Waals surface area contributed by atoms with E-state index in [2.05, 4.69) is 0 Å². The van der Waals surface area contributed by atoms with Gasteiger partial charge in [0.15, 0.2) is 0 Å². The summed E-state index contributed by atoms with van der Waals surface area (Å²) in [5, 5.41) is 14.9. The van der Waals surface area contributed by atoms with Crippen molar-refractivity contribution < 1.29 is 76.4 Å². The van der Waals surface area contributed by atoms with Gasteiger partial charge in [0.25, 0.3) is 0 Å². The molecule has 146 valence electrons. The summed E-state index contributed by atoms with van der Waals surface area (Å²) in [7, 11) is 0. The maximum Gasteiger partial charge on any atom is 0.458 e. The minimum absolute atomic E-state index is 1.30. The fraction of sp³-hybridized carbons (Fsp3) is 1.00. The van der Waals surface area contributed by atoms with Crippen molar-refractivity contribution in [3.63, 3.8) is 0 Å². The Hall–Kier alpha value is -1.10. The summed E-state index contributed by atoms with van der Waals surface area (Å²) in [6, 6.07) is 0. The summed E-state index contributed by atoms with van der Waals surface area (Å²) < 4.78 is 173. The molecule has 0 saturated heterocycles. The summed E-state index contributed by atoms with van der Waals surface area (Å²) in [6.45, 7) is 0. The quantitative estimate of drug-likeness (QED) is 0.674. The van der Waals surface area contributed by atoms with E-state index in [9.17, 15) is 61.5 Å². The van der Waals surface area contributed by atoms with Crippen LogP contribution in [0, 0.1) is 0 Å². The lowest BCUT2D eigenvalue weighted by atomic mass is 10.1. The summed E-state index contributed by atoms with van der Waals surface area (Å²) in [4.78, 5) is 0. The Kier molecular flexibility index (Phi) is 5.20. The molecule has 2 N–H and O–H groups in total. The molecule has 3 nitrogen and oxygen atoms in total. The molecule has 0 spiro atoms. The van der Waals surface area contributed by atoms with Crippen LogP contribution in [-0.4, -0.2) is 52.4 Å². The molecule has 0 aliphatic rings. The van der Waals surface area contributed by atoms with Gasteiger partial charge in [0.05, 0.1) is 0 Å². The first-order valence-corrected chi connectivity index (χ1v) is 4.75. The maximum absolute atomic E-state index is 12.9. The molecule has 0 fully saturated rings. The number of hydrogen-bond acceptors (Lipinski definition) is 3. The van der Waals surface area contributed by atoms with E-state index in [4.69, 9.17) is 10.2 Å². The van der Waals surface area contributed by atoms with Gasteiger partial charge >= 0.3 is 42.2 Å². The summed E-state index contributed by atoms with van der Waals surface area (Å²) in [6.07, 6.45) is -29.2. The third-order valence-corrected chi connectivity index (χ3v) is 2.16. The highest BCUT2D eigenvalue weighted by Crippen LogP contribution is 2.56. The van der Waals surface area contributed by atoms with Crippen LogP contribution in [0.15, 0.2) is 0 Å². The minimum atomic E-state index is -7.86. The van der Waals surface area contributed by atoms with Gasteiger partial charge < -0.3 is 10.2 Å². The molecule has 0 aromatic heterocycles.